The van der Waals surface area contributed by atoms with Gasteiger partial charge < -0.3 is 5.21 Å². The molecular formula is C8H8N2OS. The SMILES string of the molecule is C/C(=N\O)c1ccc(CC#N)s1. The molecule has 0 atom stereocenters. The Morgan fingerprint density at radius 3 is 3.08 bits per heavy atom. The van der Waals surface area contributed by atoms with E-state index in [1.165, 1.54) is 11.3 Å². The van der Waals surface area contributed by atoms with Crippen molar-refractivity contribution in [2.24, 2.45) is 5.16 Å². The Morgan fingerprint density at radius 2 is 2.50 bits per heavy atom. The fourth-order valence-electron chi connectivity index (χ4n) is 0.795. The highest BCUT2D eigenvalue weighted by molar-refractivity contribution is 7.14. The van der Waals surface area contributed by atoms with Gasteiger partial charge in [0.05, 0.1) is 23.1 Å². The Kier molecular flexibility index (Phi) is 2.83. The zero-order chi connectivity index (χ0) is 8.97. The molecule has 3 nitrogen and oxygen atoms in total. The summed E-state index contributed by atoms with van der Waals surface area (Å²) in [7, 11) is 0. The lowest BCUT2D eigenvalue weighted by Crippen LogP contribution is -1.87. The zero-order valence-corrected chi connectivity index (χ0v) is 7.43. The van der Waals surface area contributed by atoms with Crippen LogP contribution in [-0.2, 0) is 6.42 Å². The molecule has 0 amide bonds. The van der Waals surface area contributed by atoms with Crippen molar-refractivity contribution in [1.29, 1.82) is 5.26 Å². The summed E-state index contributed by atoms with van der Waals surface area (Å²) >= 11 is 1.48. The highest BCUT2D eigenvalue weighted by atomic mass is 32.1. The van der Waals surface area contributed by atoms with Crippen LogP contribution in [0.4, 0.5) is 0 Å². The molecule has 0 saturated heterocycles. The maximum Gasteiger partial charge on any atom is 0.0936 e. The van der Waals surface area contributed by atoms with Gasteiger partial charge in [0.15, 0.2) is 0 Å². The standard InChI is InChI=1S/C8H8N2OS/c1-6(10-11)8-3-2-7(12-8)4-5-9/h2-3,11H,4H2,1H3/b10-6+. The van der Waals surface area contributed by atoms with Gasteiger partial charge in [-0.05, 0) is 19.1 Å². The number of thiophene rings is 1. The first-order valence-electron chi connectivity index (χ1n) is 3.42. The average molecular weight is 180 g/mol. The number of nitriles is 1. The Morgan fingerprint density at radius 1 is 1.75 bits per heavy atom. The third kappa shape index (κ3) is 1.83. The van der Waals surface area contributed by atoms with Crippen LogP contribution in [-0.4, -0.2) is 10.9 Å². The van der Waals surface area contributed by atoms with E-state index in [9.17, 15) is 0 Å². The summed E-state index contributed by atoms with van der Waals surface area (Å²) in [6, 6.07) is 5.79. The largest absolute Gasteiger partial charge is 0.411 e. The van der Waals surface area contributed by atoms with Crippen molar-refractivity contribution in [3.8, 4) is 6.07 Å². The van der Waals surface area contributed by atoms with E-state index in [0.29, 0.717) is 12.1 Å². The molecule has 1 aromatic rings. The van der Waals surface area contributed by atoms with Crippen LogP contribution in [0.15, 0.2) is 17.3 Å². The number of hydrogen-bond donors (Lipinski definition) is 1. The minimum absolute atomic E-state index is 0.420. The second-order valence-electron chi connectivity index (χ2n) is 2.29. The van der Waals surface area contributed by atoms with Crippen LogP contribution in [0, 0.1) is 11.3 Å². The van der Waals surface area contributed by atoms with Crippen molar-refractivity contribution in [2.75, 3.05) is 0 Å². The lowest BCUT2D eigenvalue weighted by molar-refractivity contribution is 0.319. The van der Waals surface area contributed by atoms with Crippen LogP contribution < -0.4 is 0 Å². The van der Waals surface area contributed by atoms with E-state index in [1.54, 1.807) is 6.92 Å². The van der Waals surface area contributed by atoms with Crippen LogP contribution in [0.5, 0.6) is 0 Å². The predicted molar refractivity (Wildman–Crippen MR) is 47.6 cm³/mol. The molecule has 12 heavy (non-hydrogen) atoms. The van der Waals surface area contributed by atoms with E-state index in [0.717, 1.165) is 9.75 Å². The number of hydrogen-bond acceptors (Lipinski definition) is 4. The van der Waals surface area contributed by atoms with Gasteiger partial charge in [-0.15, -0.1) is 11.3 Å². The van der Waals surface area contributed by atoms with Crippen molar-refractivity contribution in [3.05, 3.63) is 21.9 Å². The molecule has 0 aliphatic rings. The van der Waals surface area contributed by atoms with Crippen molar-refractivity contribution in [2.45, 2.75) is 13.3 Å². The maximum atomic E-state index is 8.46. The monoisotopic (exact) mass is 180 g/mol. The molecule has 0 aliphatic carbocycles. The molecule has 1 aromatic heterocycles. The minimum atomic E-state index is 0.420. The normalized spacial score (nSPS) is 11.2. The molecule has 0 bridgehead atoms. The van der Waals surface area contributed by atoms with Crippen LogP contribution in [0.25, 0.3) is 0 Å². The van der Waals surface area contributed by atoms with Gasteiger partial charge in [-0.1, -0.05) is 5.16 Å². The lowest BCUT2D eigenvalue weighted by Gasteiger charge is -1.88. The fourth-order valence-corrected chi connectivity index (χ4v) is 1.67. The van der Waals surface area contributed by atoms with Crippen molar-refractivity contribution < 1.29 is 5.21 Å². The Labute approximate surface area is 74.6 Å². The smallest absolute Gasteiger partial charge is 0.0936 e. The summed E-state index contributed by atoms with van der Waals surface area (Å²) in [6.07, 6.45) is 0.420. The van der Waals surface area contributed by atoms with Gasteiger partial charge >= 0.3 is 0 Å². The van der Waals surface area contributed by atoms with E-state index in [1.807, 2.05) is 12.1 Å². The van der Waals surface area contributed by atoms with E-state index in [4.69, 9.17) is 10.5 Å². The third-order valence-electron chi connectivity index (χ3n) is 1.42. The van der Waals surface area contributed by atoms with Crippen LogP contribution >= 0.6 is 11.3 Å². The molecule has 0 aromatic carbocycles. The summed E-state index contributed by atoms with van der Waals surface area (Å²) in [5, 5.41) is 19.9. The molecule has 0 saturated carbocycles. The lowest BCUT2D eigenvalue weighted by atomic mass is 10.3. The molecule has 0 aliphatic heterocycles. The fraction of sp³-hybridized carbons (Fsp3) is 0.250. The van der Waals surface area contributed by atoms with Crippen molar-refractivity contribution in [1.82, 2.24) is 0 Å². The maximum absolute atomic E-state index is 8.46. The highest BCUT2D eigenvalue weighted by Crippen LogP contribution is 2.17. The Hall–Kier alpha value is -1.34. The molecule has 1 N–H and O–H groups in total. The minimum Gasteiger partial charge on any atom is -0.411 e. The van der Waals surface area contributed by atoms with E-state index in [2.05, 4.69) is 11.2 Å². The summed E-state index contributed by atoms with van der Waals surface area (Å²) in [5.41, 5.74) is 0.587. The van der Waals surface area contributed by atoms with E-state index < -0.39 is 0 Å². The van der Waals surface area contributed by atoms with Gasteiger partial charge in [-0.2, -0.15) is 5.26 Å². The summed E-state index contributed by atoms with van der Waals surface area (Å²) in [5.74, 6) is 0. The van der Waals surface area contributed by atoms with Crippen molar-refractivity contribution in [3.63, 3.8) is 0 Å². The van der Waals surface area contributed by atoms with E-state index >= 15 is 0 Å². The molecule has 0 radical (unpaired) electrons. The number of oxime groups is 1. The van der Waals surface area contributed by atoms with Crippen LogP contribution in [0.3, 0.4) is 0 Å². The Bertz CT molecular complexity index is 335. The van der Waals surface area contributed by atoms with Gasteiger partial charge in [-0.25, -0.2) is 0 Å². The molecule has 0 fully saturated rings. The van der Waals surface area contributed by atoms with Crippen LogP contribution in [0.1, 0.15) is 16.7 Å². The first kappa shape index (κ1) is 8.75. The molecule has 4 heteroatoms. The summed E-state index contributed by atoms with van der Waals surface area (Å²) < 4.78 is 0. The Balaban J connectivity index is 2.86. The summed E-state index contributed by atoms with van der Waals surface area (Å²) in [6.45, 7) is 1.72. The molecule has 1 rings (SSSR count). The van der Waals surface area contributed by atoms with Gasteiger partial charge in [0, 0.05) is 4.88 Å². The van der Waals surface area contributed by atoms with Gasteiger partial charge in [0.1, 0.15) is 0 Å². The predicted octanol–water partition coefficient (Wildman–Crippen LogP) is 2.01. The topological polar surface area (TPSA) is 56.4 Å². The zero-order valence-electron chi connectivity index (χ0n) is 6.61. The first-order valence-corrected chi connectivity index (χ1v) is 4.24. The van der Waals surface area contributed by atoms with E-state index in [-0.39, 0.29) is 0 Å². The highest BCUT2D eigenvalue weighted by Gasteiger charge is 2.02. The molecular weight excluding hydrogens is 172 g/mol. The first-order chi connectivity index (χ1) is 5.77. The number of rotatable bonds is 2. The second-order valence-corrected chi connectivity index (χ2v) is 3.45. The third-order valence-corrected chi connectivity index (χ3v) is 2.62. The molecule has 62 valence electrons. The summed E-state index contributed by atoms with van der Waals surface area (Å²) in [4.78, 5) is 1.90. The molecule has 0 unspecified atom stereocenters. The van der Waals surface area contributed by atoms with Gasteiger partial charge in [-0.3, -0.25) is 0 Å². The quantitative estimate of drug-likeness (QED) is 0.430. The second kappa shape index (κ2) is 3.88. The van der Waals surface area contributed by atoms with Crippen molar-refractivity contribution >= 4 is 17.0 Å². The number of nitrogens with zero attached hydrogens (tertiary/aromatic N) is 2. The average Bonchev–Trinajstić information content (AvgIpc) is 2.52. The molecule has 1 heterocycles. The van der Waals surface area contributed by atoms with Gasteiger partial charge in [0.2, 0.25) is 0 Å². The van der Waals surface area contributed by atoms with Crippen LogP contribution in [0.2, 0.25) is 0 Å². The van der Waals surface area contributed by atoms with Gasteiger partial charge in [0.25, 0.3) is 0 Å². The molecule has 0 spiro atoms.